The van der Waals surface area contributed by atoms with E-state index in [1.165, 1.54) is 18.2 Å². The first-order valence-corrected chi connectivity index (χ1v) is 6.64. The van der Waals surface area contributed by atoms with Crippen molar-refractivity contribution in [3.05, 3.63) is 29.8 Å². The van der Waals surface area contributed by atoms with E-state index in [1.807, 2.05) is 0 Å². The summed E-state index contributed by atoms with van der Waals surface area (Å²) >= 11 is 0. The van der Waals surface area contributed by atoms with Crippen LogP contribution in [0.3, 0.4) is 0 Å². The Labute approximate surface area is 120 Å². The normalized spacial score (nSPS) is 25.0. The Kier molecular flexibility index (Phi) is 4.43. The standard InChI is InChI=1S/C14H17F4NO2/c1-10(20)8-19-7-6-13(15,9-19)11-4-2-3-5-12(11)21-14(16,17)18/h2-5,10,20H,6-9H2,1H3. The van der Waals surface area contributed by atoms with Crippen molar-refractivity contribution >= 4 is 0 Å². The number of ether oxygens (including phenoxy) is 1. The number of β-amino-alcohol motifs (C(OH)–C–C–N with tert-alkyl or cyclic N) is 1. The van der Waals surface area contributed by atoms with Gasteiger partial charge in [-0.05, 0) is 19.4 Å². The van der Waals surface area contributed by atoms with E-state index in [-0.39, 0.29) is 25.1 Å². The monoisotopic (exact) mass is 307 g/mol. The lowest BCUT2D eigenvalue weighted by molar-refractivity contribution is -0.275. The molecule has 1 aromatic carbocycles. The zero-order chi connectivity index (χ0) is 15.7. The zero-order valence-corrected chi connectivity index (χ0v) is 11.5. The van der Waals surface area contributed by atoms with Crippen molar-refractivity contribution in [3.8, 4) is 5.75 Å². The van der Waals surface area contributed by atoms with Gasteiger partial charge in [0.05, 0.1) is 6.10 Å². The maximum absolute atomic E-state index is 15.0. The molecule has 2 unspecified atom stereocenters. The van der Waals surface area contributed by atoms with Crippen molar-refractivity contribution in [3.63, 3.8) is 0 Å². The predicted molar refractivity (Wildman–Crippen MR) is 68.6 cm³/mol. The third kappa shape index (κ3) is 4.07. The first-order valence-electron chi connectivity index (χ1n) is 6.64. The molecule has 0 radical (unpaired) electrons. The number of rotatable bonds is 4. The molecule has 1 heterocycles. The lowest BCUT2D eigenvalue weighted by Crippen LogP contribution is -2.32. The molecule has 0 amide bonds. The summed E-state index contributed by atoms with van der Waals surface area (Å²) in [5.41, 5.74) is -2.01. The van der Waals surface area contributed by atoms with Gasteiger partial charge in [-0.2, -0.15) is 0 Å². The van der Waals surface area contributed by atoms with E-state index in [9.17, 15) is 18.3 Å². The van der Waals surface area contributed by atoms with E-state index in [0.717, 1.165) is 6.07 Å². The van der Waals surface area contributed by atoms with Gasteiger partial charge in [0.15, 0.2) is 5.67 Å². The Morgan fingerprint density at radius 3 is 2.67 bits per heavy atom. The topological polar surface area (TPSA) is 32.7 Å². The highest BCUT2D eigenvalue weighted by Crippen LogP contribution is 2.42. The van der Waals surface area contributed by atoms with E-state index in [2.05, 4.69) is 4.74 Å². The Morgan fingerprint density at radius 2 is 2.05 bits per heavy atom. The lowest BCUT2D eigenvalue weighted by atomic mass is 9.94. The third-order valence-electron chi connectivity index (χ3n) is 3.42. The molecule has 1 aliphatic rings. The number of aliphatic hydroxyl groups is 1. The average molecular weight is 307 g/mol. The summed E-state index contributed by atoms with van der Waals surface area (Å²) in [5.74, 6) is -0.508. The largest absolute Gasteiger partial charge is 0.573 e. The molecule has 2 rings (SSSR count). The van der Waals surface area contributed by atoms with Crippen molar-refractivity contribution in [1.29, 1.82) is 0 Å². The van der Waals surface area contributed by atoms with Crippen LogP contribution in [0.25, 0.3) is 0 Å². The van der Waals surface area contributed by atoms with Gasteiger partial charge in [0.25, 0.3) is 0 Å². The van der Waals surface area contributed by atoms with E-state index in [1.54, 1.807) is 11.8 Å². The smallest absolute Gasteiger partial charge is 0.405 e. The molecule has 7 heteroatoms. The summed E-state index contributed by atoms with van der Waals surface area (Å²) in [6, 6.07) is 5.28. The highest BCUT2D eigenvalue weighted by molar-refractivity contribution is 5.39. The number of benzene rings is 1. The Bertz CT molecular complexity index is 492. The average Bonchev–Trinajstić information content (AvgIpc) is 2.69. The number of para-hydroxylation sites is 1. The fourth-order valence-corrected chi connectivity index (χ4v) is 2.65. The quantitative estimate of drug-likeness (QED) is 0.868. The number of alkyl halides is 4. The molecule has 1 fully saturated rings. The van der Waals surface area contributed by atoms with Crippen molar-refractivity contribution in [2.45, 2.75) is 31.5 Å². The summed E-state index contributed by atoms with van der Waals surface area (Å²) in [4.78, 5) is 1.69. The minimum atomic E-state index is -4.86. The van der Waals surface area contributed by atoms with Crippen LogP contribution in [0.4, 0.5) is 17.6 Å². The Balaban J connectivity index is 2.22. The first-order chi connectivity index (χ1) is 9.70. The molecule has 1 saturated heterocycles. The highest BCUT2D eigenvalue weighted by atomic mass is 19.4. The minimum Gasteiger partial charge on any atom is -0.405 e. The Morgan fingerprint density at radius 1 is 1.38 bits per heavy atom. The molecule has 0 bridgehead atoms. The summed E-state index contributed by atoms with van der Waals surface area (Å²) < 4.78 is 56.1. The van der Waals surface area contributed by atoms with Gasteiger partial charge in [0, 0.05) is 25.2 Å². The van der Waals surface area contributed by atoms with Crippen molar-refractivity contribution in [2.75, 3.05) is 19.6 Å². The molecule has 1 aromatic rings. The molecule has 0 spiro atoms. The van der Waals surface area contributed by atoms with Crippen LogP contribution in [-0.2, 0) is 5.67 Å². The fraction of sp³-hybridized carbons (Fsp3) is 0.571. The molecule has 3 nitrogen and oxygen atoms in total. The van der Waals surface area contributed by atoms with Gasteiger partial charge in [0.2, 0.25) is 0 Å². The van der Waals surface area contributed by atoms with E-state index in [0.29, 0.717) is 6.54 Å². The lowest BCUT2D eigenvalue weighted by Gasteiger charge is -2.24. The maximum Gasteiger partial charge on any atom is 0.573 e. The van der Waals surface area contributed by atoms with E-state index < -0.39 is 23.9 Å². The second-order valence-electron chi connectivity index (χ2n) is 5.34. The first kappa shape index (κ1) is 16.0. The van der Waals surface area contributed by atoms with E-state index >= 15 is 4.39 Å². The number of nitrogens with zero attached hydrogens (tertiary/aromatic N) is 1. The summed E-state index contributed by atoms with van der Waals surface area (Å²) in [6.45, 7) is 2.19. The van der Waals surface area contributed by atoms with Gasteiger partial charge in [-0.25, -0.2) is 4.39 Å². The van der Waals surface area contributed by atoms with Crippen LogP contribution in [-0.4, -0.2) is 42.1 Å². The van der Waals surface area contributed by atoms with Crippen LogP contribution < -0.4 is 4.74 Å². The SMILES string of the molecule is CC(O)CN1CCC(F)(c2ccccc2OC(F)(F)F)C1. The van der Waals surface area contributed by atoms with Gasteiger partial charge in [-0.15, -0.1) is 13.2 Å². The third-order valence-corrected chi connectivity index (χ3v) is 3.42. The van der Waals surface area contributed by atoms with Crippen LogP contribution in [0.1, 0.15) is 18.9 Å². The molecule has 118 valence electrons. The van der Waals surface area contributed by atoms with Crippen molar-refractivity contribution < 1.29 is 27.4 Å². The number of hydrogen-bond donors (Lipinski definition) is 1. The summed E-state index contributed by atoms with van der Waals surface area (Å²) in [7, 11) is 0. The van der Waals surface area contributed by atoms with Gasteiger partial charge in [0.1, 0.15) is 5.75 Å². The number of halogens is 4. The molecule has 1 N–H and O–H groups in total. The van der Waals surface area contributed by atoms with Gasteiger partial charge in [-0.1, -0.05) is 18.2 Å². The summed E-state index contributed by atoms with van der Waals surface area (Å²) in [6.07, 6.45) is -5.41. The van der Waals surface area contributed by atoms with E-state index in [4.69, 9.17) is 0 Å². The Hall–Kier alpha value is -1.34. The molecule has 2 atom stereocenters. The number of aliphatic hydroxyl groups excluding tert-OH is 1. The van der Waals surface area contributed by atoms with Crippen molar-refractivity contribution in [1.82, 2.24) is 4.90 Å². The van der Waals surface area contributed by atoms with Crippen LogP contribution >= 0.6 is 0 Å². The highest BCUT2D eigenvalue weighted by Gasteiger charge is 2.43. The van der Waals surface area contributed by atoms with Crippen LogP contribution in [0.15, 0.2) is 24.3 Å². The summed E-state index contributed by atoms with van der Waals surface area (Å²) in [5, 5.41) is 9.32. The van der Waals surface area contributed by atoms with Gasteiger partial charge in [-0.3, -0.25) is 4.90 Å². The molecular formula is C14H17F4NO2. The molecule has 0 aliphatic carbocycles. The number of hydrogen-bond acceptors (Lipinski definition) is 3. The van der Waals surface area contributed by atoms with Crippen molar-refractivity contribution in [2.24, 2.45) is 0 Å². The molecular weight excluding hydrogens is 290 g/mol. The van der Waals surface area contributed by atoms with Gasteiger partial charge < -0.3 is 9.84 Å². The molecule has 0 saturated carbocycles. The predicted octanol–water partition coefficient (Wildman–Crippen LogP) is 2.84. The van der Waals surface area contributed by atoms with Gasteiger partial charge >= 0.3 is 6.36 Å². The zero-order valence-electron chi connectivity index (χ0n) is 11.5. The van der Waals surface area contributed by atoms with Crippen LogP contribution in [0.5, 0.6) is 5.75 Å². The van der Waals surface area contributed by atoms with Crippen LogP contribution in [0, 0.1) is 0 Å². The second kappa shape index (κ2) is 5.81. The molecule has 0 aromatic heterocycles. The molecule has 1 aliphatic heterocycles. The maximum atomic E-state index is 15.0. The second-order valence-corrected chi connectivity index (χ2v) is 5.34. The molecule has 21 heavy (non-hydrogen) atoms. The van der Waals surface area contributed by atoms with Crippen LogP contribution in [0.2, 0.25) is 0 Å². The number of likely N-dealkylation sites (tertiary alicyclic amines) is 1. The minimum absolute atomic E-state index is 0.0594. The fourth-order valence-electron chi connectivity index (χ4n) is 2.65.